The number of fused-ring (bicyclic) bond motifs is 2. The topological polar surface area (TPSA) is 81.8 Å². The van der Waals surface area contributed by atoms with E-state index in [-0.39, 0.29) is 17.5 Å². The molecule has 1 aromatic carbocycles. The molecular weight excluding hydrogens is 362 g/mol. The Morgan fingerprint density at radius 1 is 1.33 bits per heavy atom. The summed E-state index contributed by atoms with van der Waals surface area (Å²) in [6.07, 6.45) is 3.85. The number of aromatic nitrogens is 4. The molecule has 0 bridgehead atoms. The van der Waals surface area contributed by atoms with Crippen molar-refractivity contribution in [1.82, 2.24) is 24.6 Å². The maximum atomic E-state index is 13.0. The molecule has 1 unspecified atom stereocenters. The molecule has 1 amide bonds. The van der Waals surface area contributed by atoms with Crippen LogP contribution in [0.25, 0.3) is 16.7 Å². The molecule has 1 aliphatic rings. The first-order valence-corrected chi connectivity index (χ1v) is 10.1. The van der Waals surface area contributed by atoms with Crippen molar-refractivity contribution >= 4 is 28.7 Å². The van der Waals surface area contributed by atoms with Gasteiger partial charge in [0.05, 0.1) is 17.9 Å². The summed E-state index contributed by atoms with van der Waals surface area (Å²) >= 11 is 1.51. The number of benzene rings is 1. The summed E-state index contributed by atoms with van der Waals surface area (Å²) < 4.78 is 3.34. The number of carbonyl (C=O) groups is 1. The molecule has 0 saturated carbocycles. The summed E-state index contributed by atoms with van der Waals surface area (Å²) in [4.78, 5) is 29.9. The van der Waals surface area contributed by atoms with Gasteiger partial charge in [0.15, 0.2) is 10.8 Å². The van der Waals surface area contributed by atoms with Gasteiger partial charge in [0.25, 0.3) is 5.56 Å². The lowest BCUT2D eigenvalue weighted by atomic mass is 10.2. The van der Waals surface area contributed by atoms with Crippen LogP contribution in [0, 0.1) is 0 Å². The number of thioether (sulfide) groups is 1. The Hall–Kier alpha value is -2.61. The SMILES string of the molecule is CCCCNC(=O)CC1CSc2nc3c(cnn3-c3ccccc3)c(=O)n21. The molecule has 3 heterocycles. The van der Waals surface area contributed by atoms with E-state index in [1.165, 1.54) is 11.8 Å². The van der Waals surface area contributed by atoms with E-state index in [4.69, 9.17) is 0 Å². The fourth-order valence-corrected chi connectivity index (χ4v) is 4.36. The third kappa shape index (κ3) is 3.37. The van der Waals surface area contributed by atoms with Gasteiger partial charge < -0.3 is 5.32 Å². The van der Waals surface area contributed by atoms with E-state index >= 15 is 0 Å². The van der Waals surface area contributed by atoms with Gasteiger partial charge in [0, 0.05) is 18.7 Å². The number of para-hydroxylation sites is 1. The van der Waals surface area contributed by atoms with E-state index in [1.807, 2.05) is 30.3 Å². The van der Waals surface area contributed by atoms with E-state index < -0.39 is 0 Å². The molecule has 27 heavy (non-hydrogen) atoms. The average Bonchev–Trinajstić information content (AvgIpc) is 3.28. The Morgan fingerprint density at radius 3 is 2.93 bits per heavy atom. The second-order valence-corrected chi connectivity index (χ2v) is 7.56. The van der Waals surface area contributed by atoms with E-state index in [1.54, 1.807) is 15.4 Å². The highest BCUT2D eigenvalue weighted by Gasteiger charge is 2.29. The van der Waals surface area contributed by atoms with Gasteiger partial charge in [-0.15, -0.1) is 0 Å². The third-order valence-electron chi connectivity index (χ3n) is 4.64. The highest BCUT2D eigenvalue weighted by Crippen LogP contribution is 2.33. The second-order valence-electron chi connectivity index (χ2n) is 6.57. The zero-order valence-electron chi connectivity index (χ0n) is 15.1. The van der Waals surface area contributed by atoms with E-state index in [2.05, 4.69) is 22.3 Å². The number of hydrogen-bond acceptors (Lipinski definition) is 5. The van der Waals surface area contributed by atoms with Crippen LogP contribution in [-0.2, 0) is 4.79 Å². The number of rotatable bonds is 6. The Balaban J connectivity index is 1.65. The number of nitrogens with zero attached hydrogens (tertiary/aromatic N) is 4. The molecule has 140 valence electrons. The van der Waals surface area contributed by atoms with E-state index in [0.29, 0.717) is 34.9 Å². The predicted molar refractivity (Wildman–Crippen MR) is 105 cm³/mol. The molecule has 3 aromatic rings. The summed E-state index contributed by atoms with van der Waals surface area (Å²) in [5.74, 6) is 0.656. The van der Waals surface area contributed by atoms with Crippen molar-refractivity contribution in [1.29, 1.82) is 0 Å². The Kier molecular flexibility index (Phi) is 4.98. The van der Waals surface area contributed by atoms with E-state index in [9.17, 15) is 9.59 Å². The molecule has 0 radical (unpaired) electrons. The van der Waals surface area contributed by atoms with Crippen molar-refractivity contribution < 1.29 is 4.79 Å². The number of nitrogens with one attached hydrogen (secondary N) is 1. The molecule has 1 N–H and O–H groups in total. The molecule has 0 saturated heterocycles. The largest absolute Gasteiger partial charge is 0.356 e. The van der Waals surface area contributed by atoms with Gasteiger partial charge in [0.2, 0.25) is 5.91 Å². The van der Waals surface area contributed by atoms with Crippen molar-refractivity contribution in [3.8, 4) is 5.69 Å². The maximum absolute atomic E-state index is 13.0. The minimum atomic E-state index is -0.170. The van der Waals surface area contributed by atoms with Crippen LogP contribution in [0.3, 0.4) is 0 Å². The number of amides is 1. The predicted octanol–water partition coefficient (Wildman–Crippen LogP) is 2.54. The van der Waals surface area contributed by atoms with E-state index in [0.717, 1.165) is 18.5 Å². The highest BCUT2D eigenvalue weighted by atomic mass is 32.2. The zero-order chi connectivity index (χ0) is 18.8. The van der Waals surface area contributed by atoms with Crippen molar-refractivity contribution in [2.45, 2.75) is 37.4 Å². The van der Waals surface area contributed by atoms with Gasteiger partial charge in [-0.3, -0.25) is 14.2 Å². The number of carbonyl (C=O) groups excluding carboxylic acids is 1. The lowest BCUT2D eigenvalue weighted by Gasteiger charge is -2.13. The monoisotopic (exact) mass is 383 g/mol. The molecule has 1 atom stereocenters. The van der Waals surface area contributed by atoms with Gasteiger partial charge in [0.1, 0.15) is 5.39 Å². The quantitative estimate of drug-likeness (QED) is 0.522. The second kappa shape index (κ2) is 7.56. The standard InChI is InChI=1S/C19H21N5O2S/c1-2-3-9-20-16(25)10-14-12-27-19-22-17-15(18(26)23(14)19)11-21-24(17)13-7-5-4-6-8-13/h4-8,11,14H,2-3,9-10,12H2,1H3,(H,20,25). The molecule has 0 fully saturated rings. The molecule has 8 heteroatoms. The van der Waals surface area contributed by atoms with Crippen LogP contribution < -0.4 is 10.9 Å². The maximum Gasteiger partial charge on any atom is 0.265 e. The number of hydrogen-bond donors (Lipinski definition) is 1. The fraction of sp³-hybridized carbons (Fsp3) is 0.368. The van der Waals surface area contributed by atoms with Crippen LogP contribution in [-0.4, -0.2) is 37.5 Å². The summed E-state index contributed by atoms with van der Waals surface area (Å²) in [5, 5.41) is 8.40. The lowest BCUT2D eigenvalue weighted by Crippen LogP contribution is -2.31. The van der Waals surface area contributed by atoms with Crippen LogP contribution in [0.2, 0.25) is 0 Å². The lowest BCUT2D eigenvalue weighted by molar-refractivity contribution is -0.121. The van der Waals surface area contributed by atoms with Crippen molar-refractivity contribution in [3.05, 3.63) is 46.9 Å². The highest BCUT2D eigenvalue weighted by molar-refractivity contribution is 7.99. The Morgan fingerprint density at radius 2 is 2.15 bits per heavy atom. The minimum Gasteiger partial charge on any atom is -0.356 e. The van der Waals surface area contributed by atoms with Gasteiger partial charge in [-0.05, 0) is 18.6 Å². The van der Waals surface area contributed by atoms with Crippen LogP contribution >= 0.6 is 11.8 Å². The van der Waals surface area contributed by atoms with Crippen molar-refractivity contribution in [2.75, 3.05) is 12.3 Å². The molecule has 2 aromatic heterocycles. The minimum absolute atomic E-state index is 0.0196. The fourth-order valence-electron chi connectivity index (χ4n) is 3.23. The smallest absolute Gasteiger partial charge is 0.265 e. The van der Waals surface area contributed by atoms with Crippen LogP contribution in [0.15, 0.2) is 46.5 Å². The van der Waals surface area contributed by atoms with Gasteiger partial charge >= 0.3 is 0 Å². The van der Waals surface area contributed by atoms with Crippen LogP contribution in [0.5, 0.6) is 0 Å². The normalized spacial score (nSPS) is 15.8. The van der Waals surface area contributed by atoms with Gasteiger partial charge in [-0.25, -0.2) is 9.67 Å². The molecule has 0 spiro atoms. The molecule has 4 rings (SSSR count). The van der Waals surface area contributed by atoms with Crippen LogP contribution in [0.4, 0.5) is 0 Å². The molecule has 1 aliphatic heterocycles. The third-order valence-corrected chi connectivity index (χ3v) is 5.74. The molecular formula is C19H21N5O2S. The number of unbranched alkanes of at least 4 members (excludes halogenated alkanes) is 1. The summed E-state index contributed by atoms with van der Waals surface area (Å²) in [7, 11) is 0. The molecule has 0 aliphatic carbocycles. The Bertz CT molecular complexity index is 1030. The van der Waals surface area contributed by atoms with Crippen molar-refractivity contribution in [2.24, 2.45) is 0 Å². The summed E-state index contributed by atoms with van der Waals surface area (Å²) in [6, 6.07) is 9.46. The van der Waals surface area contributed by atoms with Gasteiger partial charge in [-0.2, -0.15) is 5.10 Å². The first-order valence-electron chi connectivity index (χ1n) is 9.14. The summed E-state index contributed by atoms with van der Waals surface area (Å²) in [5.41, 5.74) is 1.28. The Labute approximate surface area is 160 Å². The molecule has 7 nitrogen and oxygen atoms in total. The van der Waals surface area contributed by atoms with Gasteiger partial charge in [-0.1, -0.05) is 43.3 Å². The van der Waals surface area contributed by atoms with Crippen molar-refractivity contribution in [3.63, 3.8) is 0 Å². The van der Waals surface area contributed by atoms with Crippen LogP contribution in [0.1, 0.15) is 32.2 Å². The zero-order valence-corrected chi connectivity index (χ0v) is 15.9. The first kappa shape index (κ1) is 17.8. The first-order chi connectivity index (χ1) is 13.2. The summed E-state index contributed by atoms with van der Waals surface area (Å²) in [6.45, 7) is 2.76. The average molecular weight is 383 g/mol.